The third-order valence-electron chi connectivity index (χ3n) is 3.93. The van der Waals surface area contributed by atoms with Gasteiger partial charge in [-0.1, -0.05) is 0 Å². The van der Waals surface area contributed by atoms with Gasteiger partial charge in [-0.15, -0.1) is 0 Å². The number of nitrogens with zero attached hydrogens (tertiary/aromatic N) is 3. The maximum absolute atomic E-state index is 11.9. The molecule has 1 saturated heterocycles. The number of hydrogen-bond donors (Lipinski definition) is 1. The summed E-state index contributed by atoms with van der Waals surface area (Å²) in [6.07, 6.45) is 8.33. The van der Waals surface area contributed by atoms with Crippen LogP contribution in [0.2, 0.25) is 0 Å². The Morgan fingerprint density at radius 3 is 2.92 bits per heavy atom. The van der Waals surface area contributed by atoms with E-state index in [2.05, 4.69) is 20.2 Å². The monoisotopic (exact) mass is 326 g/mol. The van der Waals surface area contributed by atoms with Crippen molar-refractivity contribution >= 4 is 17.8 Å². The van der Waals surface area contributed by atoms with Gasteiger partial charge < -0.3 is 14.6 Å². The molecule has 0 bridgehead atoms. The summed E-state index contributed by atoms with van der Waals surface area (Å²) in [5.74, 6) is 2.04. The van der Waals surface area contributed by atoms with Crippen LogP contribution in [0.5, 0.6) is 0 Å². The first-order valence-corrected chi connectivity index (χ1v) is 8.29. The van der Waals surface area contributed by atoms with Crippen LogP contribution in [0.3, 0.4) is 0 Å². The molecule has 0 unspecified atom stereocenters. The minimum absolute atomic E-state index is 0.198. The Hall–Kier alpha value is -2.63. The lowest BCUT2D eigenvalue weighted by Gasteiger charge is -2.28. The molecule has 1 aliphatic heterocycles. The summed E-state index contributed by atoms with van der Waals surface area (Å²) in [7, 11) is 0. The molecule has 2 aromatic heterocycles. The first-order valence-electron chi connectivity index (χ1n) is 8.29. The number of amides is 1. The molecule has 1 amide bonds. The molecule has 3 heterocycles. The van der Waals surface area contributed by atoms with Crippen LogP contribution >= 0.6 is 0 Å². The predicted molar refractivity (Wildman–Crippen MR) is 92.4 cm³/mol. The van der Waals surface area contributed by atoms with Crippen LogP contribution in [0.15, 0.2) is 35.0 Å². The van der Waals surface area contributed by atoms with Crippen molar-refractivity contribution in [3.05, 3.63) is 47.8 Å². The summed E-state index contributed by atoms with van der Waals surface area (Å²) in [6.45, 7) is 4.34. The summed E-state index contributed by atoms with van der Waals surface area (Å²) < 4.78 is 5.15. The number of hydrogen-bond acceptors (Lipinski definition) is 5. The fourth-order valence-electron chi connectivity index (χ4n) is 2.75. The van der Waals surface area contributed by atoms with Crippen molar-refractivity contribution in [1.82, 2.24) is 15.3 Å². The second-order valence-corrected chi connectivity index (χ2v) is 5.90. The second-order valence-electron chi connectivity index (χ2n) is 5.90. The lowest BCUT2D eigenvalue weighted by Crippen LogP contribution is -2.31. The maximum atomic E-state index is 11.9. The molecular weight excluding hydrogens is 304 g/mol. The SMILES string of the molecule is Cc1cc(N2CCCCC2)nc(CNC(=O)/C=C/c2ccco2)n1. The van der Waals surface area contributed by atoms with Crippen LogP contribution in [-0.4, -0.2) is 29.0 Å². The average Bonchev–Trinajstić information content (AvgIpc) is 3.12. The van der Waals surface area contributed by atoms with Gasteiger partial charge in [0.15, 0.2) is 0 Å². The van der Waals surface area contributed by atoms with E-state index in [0.29, 0.717) is 18.1 Å². The fraction of sp³-hybridized carbons (Fsp3) is 0.389. The maximum Gasteiger partial charge on any atom is 0.244 e. The fourth-order valence-corrected chi connectivity index (χ4v) is 2.75. The van der Waals surface area contributed by atoms with E-state index in [-0.39, 0.29) is 5.91 Å². The number of carbonyl (C=O) groups is 1. The standard InChI is InChI=1S/C18H22N4O2/c1-14-12-17(22-9-3-2-4-10-22)21-16(20-14)13-19-18(23)8-7-15-6-5-11-24-15/h5-8,11-12H,2-4,9-10,13H2,1H3,(H,19,23)/b8-7+. The van der Waals surface area contributed by atoms with E-state index in [0.717, 1.165) is 24.6 Å². The summed E-state index contributed by atoms with van der Waals surface area (Å²) in [5, 5.41) is 2.81. The van der Waals surface area contributed by atoms with E-state index in [4.69, 9.17) is 4.42 Å². The van der Waals surface area contributed by atoms with Gasteiger partial charge >= 0.3 is 0 Å². The molecule has 24 heavy (non-hydrogen) atoms. The molecule has 6 heteroatoms. The van der Waals surface area contributed by atoms with Crippen LogP contribution in [0.1, 0.15) is 36.5 Å². The highest BCUT2D eigenvalue weighted by Crippen LogP contribution is 2.18. The molecule has 1 fully saturated rings. The van der Waals surface area contributed by atoms with Gasteiger partial charge in [0.2, 0.25) is 5.91 Å². The predicted octanol–water partition coefficient (Wildman–Crippen LogP) is 2.70. The number of anilines is 1. The zero-order chi connectivity index (χ0) is 16.8. The minimum atomic E-state index is -0.198. The first kappa shape index (κ1) is 16.2. The van der Waals surface area contributed by atoms with Crippen LogP contribution in [-0.2, 0) is 11.3 Å². The van der Waals surface area contributed by atoms with Gasteiger partial charge in [0.1, 0.15) is 17.4 Å². The summed E-state index contributed by atoms with van der Waals surface area (Å²) in [5.41, 5.74) is 0.918. The summed E-state index contributed by atoms with van der Waals surface area (Å²) >= 11 is 0. The van der Waals surface area contributed by atoms with Gasteiger partial charge in [0, 0.05) is 30.9 Å². The summed E-state index contributed by atoms with van der Waals surface area (Å²) in [4.78, 5) is 23.2. The number of rotatable bonds is 5. The molecule has 2 aromatic rings. The van der Waals surface area contributed by atoms with E-state index in [1.54, 1.807) is 24.5 Å². The molecule has 6 nitrogen and oxygen atoms in total. The van der Waals surface area contributed by atoms with E-state index in [1.165, 1.54) is 25.3 Å². The van der Waals surface area contributed by atoms with Crippen molar-refractivity contribution in [2.24, 2.45) is 0 Å². The van der Waals surface area contributed by atoms with Crippen molar-refractivity contribution in [2.75, 3.05) is 18.0 Å². The normalized spacial score (nSPS) is 15.0. The number of piperidine rings is 1. The van der Waals surface area contributed by atoms with Crippen molar-refractivity contribution in [3.63, 3.8) is 0 Å². The molecule has 1 N–H and O–H groups in total. The Bertz CT molecular complexity index is 704. The van der Waals surface area contributed by atoms with Crippen LogP contribution in [0, 0.1) is 6.92 Å². The van der Waals surface area contributed by atoms with Crippen LogP contribution in [0.25, 0.3) is 6.08 Å². The molecule has 3 rings (SSSR count). The molecule has 0 radical (unpaired) electrons. The number of aromatic nitrogens is 2. The molecule has 0 aliphatic carbocycles. The largest absolute Gasteiger partial charge is 0.465 e. The number of aryl methyl sites for hydroxylation is 1. The van der Waals surface area contributed by atoms with E-state index in [1.807, 2.05) is 13.0 Å². The Kier molecular flexibility index (Phi) is 5.25. The minimum Gasteiger partial charge on any atom is -0.465 e. The van der Waals surface area contributed by atoms with Crippen molar-refractivity contribution in [3.8, 4) is 0 Å². The Morgan fingerprint density at radius 1 is 1.33 bits per heavy atom. The van der Waals surface area contributed by atoms with Gasteiger partial charge in [-0.25, -0.2) is 9.97 Å². The molecule has 126 valence electrons. The smallest absolute Gasteiger partial charge is 0.244 e. The van der Waals surface area contributed by atoms with Gasteiger partial charge in [-0.2, -0.15) is 0 Å². The molecule has 0 atom stereocenters. The lowest BCUT2D eigenvalue weighted by molar-refractivity contribution is -0.116. The van der Waals surface area contributed by atoms with E-state index < -0.39 is 0 Å². The third kappa shape index (κ3) is 4.44. The summed E-state index contributed by atoms with van der Waals surface area (Å²) in [6, 6.07) is 5.58. The highest BCUT2D eigenvalue weighted by molar-refractivity contribution is 5.91. The van der Waals surface area contributed by atoms with E-state index >= 15 is 0 Å². The van der Waals surface area contributed by atoms with Gasteiger partial charge in [-0.05, 0) is 44.4 Å². The first-order chi connectivity index (χ1) is 11.7. The quantitative estimate of drug-likeness (QED) is 0.855. The topological polar surface area (TPSA) is 71.3 Å². The highest BCUT2D eigenvalue weighted by atomic mass is 16.3. The zero-order valence-electron chi connectivity index (χ0n) is 13.9. The number of furan rings is 1. The van der Waals surface area contributed by atoms with Crippen LogP contribution < -0.4 is 10.2 Å². The van der Waals surface area contributed by atoms with Gasteiger partial charge in [-0.3, -0.25) is 4.79 Å². The molecule has 0 saturated carbocycles. The Labute approximate surface area is 141 Å². The second kappa shape index (κ2) is 7.77. The zero-order valence-corrected chi connectivity index (χ0v) is 13.9. The molecule has 0 spiro atoms. The third-order valence-corrected chi connectivity index (χ3v) is 3.93. The van der Waals surface area contributed by atoms with Crippen molar-refractivity contribution < 1.29 is 9.21 Å². The number of carbonyl (C=O) groups excluding carboxylic acids is 1. The Morgan fingerprint density at radius 2 is 2.17 bits per heavy atom. The van der Waals surface area contributed by atoms with Crippen LogP contribution in [0.4, 0.5) is 5.82 Å². The average molecular weight is 326 g/mol. The van der Waals surface area contributed by atoms with Crippen molar-refractivity contribution in [1.29, 1.82) is 0 Å². The molecular formula is C18H22N4O2. The number of nitrogens with one attached hydrogen (secondary N) is 1. The van der Waals surface area contributed by atoms with E-state index in [9.17, 15) is 4.79 Å². The van der Waals surface area contributed by atoms with Gasteiger partial charge in [0.05, 0.1) is 12.8 Å². The molecule has 1 aliphatic rings. The lowest BCUT2D eigenvalue weighted by atomic mass is 10.1. The van der Waals surface area contributed by atoms with Crippen molar-refractivity contribution in [2.45, 2.75) is 32.7 Å². The highest BCUT2D eigenvalue weighted by Gasteiger charge is 2.14. The van der Waals surface area contributed by atoms with Gasteiger partial charge in [0.25, 0.3) is 0 Å². The molecule has 0 aromatic carbocycles. The Balaban J connectivity index is 1.60.